The number of likely N-dealkylation sites (N-methyl/N-ethyl adjacent to an activating group) is 2. The second kappa shape index (κ2) is 7.37. The SMILES string of the molecule is CCN(c1cccc(Cl)c1CBr)C(C)CN(C)C. The molecule has 0 aliphatic heterocycles. The molecule has 0 radical (unpaired) electrons. The third kappa shape index (κ3) is 3.87. The fraction of sp³-hybridized carbons (Fsp3) is 0.571. The molecule has 2 nitrogen and oxygen atoms in total. The first-order valence-corrected chi connectivity index (χ1v) is 7.75. The molecular formula is C14H22BrClN2. The Morgan fingerprint density at radius 1 is 1.33 bits per heavy atom. The molecular weight excluding hydrogens is 312 g/mol. The van der Waals surface area contributed by atoms with Crippen LogP contribution in [0.1, 0.15) is 19.4 Å². The van der Waals surface area contributed by atoms with Crippen molar-refractivity contribution in [2.75, 3.05) is 32.1 Å². The number of hydrogen-bond acceptors (Lipinski definition) is 2. The predicted molar refractivity (Wildman–Crippen MR) is 85.1 cm³/mol. The van der Waals surface area contributed by atoms with Crippen LogP contribution in [0.5, 0.6) is 0 Å². The third-order valence-corrected chi connectivity index (χ3v) is 3.95. The van der Waals surface area contributed by atoms with Crippen molar-refractivity contribution < 1.29 is 0 Å². The normalized spacial score (nSPS) is 12.8. The van der Waals surface area contributed by atoms with Crippen molar-refractivity contribution in [3.8, 4) is 0 Å². The maximum Gasteiger partial charge on any atom is 0.0467 e. The van der Waals surface area contributed by atoms with E-state index in [1.807, 2.05) is 12.1 Å². The lowest BCUT2D eigenvalue weighted by Gasteiger charge is -2.33. The van der Waals surface area contributed by atoms with Crippen molar-refractivity contribution in [1.82, 2.24) is 4.90 Å². The lowest BCUT2D eigenvalue weighted by Crippen LogP contribution is -2.40. The van der Waals surface area contributed by atoms with Crippen LogP contribution in [0.15, 0.2) is 18.2 Å². The number of nitrogens with zero attached hydrogens (tertiary/aromatic N) is 2. The highest BCUT2D eigenvalue weighted by Gasteiger charge is 2.17. The van der Waals surface area contributed by atoms with Gasteiger partial charge in [0.2, 0.25) is 0 Å². The quantitative estimate of drug-likeness (QED) is 0.726. The van der Waals surface area contributed by atoms with E-state index < -0.39 is 0 Å². The summed E-state index contributed by atoms with van der Waals surface area (Å²) in [6.45, 7) is 6.45. The first-order valence-electron chi connectivity index (χ1n) is 6.26. The molecule has 0 aliphatic rings. The van der Waals surface area contributed by atoms with Crippen LogP contribution in [0.2, 0.25) is 5.02 Å². The molecule has 1 aromatic rings. The third-order valence-electron chi connectivity index (χ3n) is 3.04. The van der Waals surface area contributed by atoms with E-state index in [1.165, 1.54) is 11.3 Å². The molecule has 0 N–H and O–H groups in total. The van der Waals surface area contributed by atoms with Gasteiger partial charge in [0.1, 0.15) is 0 Å². The Labute approximate surface area is 124 Å². The first-order chi connectivity index (χ1) is 8.51. The van der Waals surface area contributed by atoms with E-state index in [-0.39, 0.29) is 0 Å². The summed E-state index contributed by atoms with van der Waals surface area (Å²) < 4.78 is 0. The first kappa shape index (κ1) is 15.8. The number of benzene rings is 1. The highest BCUT2D eigenvalue weighted by atomic mass is 79.9. The summed E-state index contributed by atoms with van der Waals surface area (Å²) in [6.07, 6.45) is 0. The van der Waals surface area contributed by atoms with Crippen LogP contribution >= 0.6 is 27.5 Å². The standard InChI is InChI=1S/C14H22BrClN2/c1-5-18(11(2)10-17(3)4)14-8-6-7-13(16)12(14)9-15/h6-8,11H,5,9-10H2,1-4H3. The van der Waals surface area contributed by atoms with Crippen molar-refractivity contribution in [2.24, 2.45) is 0 Å². The maximum atomic E-state index is 6.27. The Kier molecular flexibility index (Phi) is 6.47. The van der Waals surface area contributed by atoms with E-state index in [2.05, 4.69) is 59.7 Å². The smallest absolute Gasteiger partial charge is 0.0467 e. The van der Waals surface area contributed by atoms with Gasteiger partial charge in [-0.05, 0) is 40.1 Å². The molecule has 102 valence electrons. The average molecular weight is 334 g/mol. The largest absolute Gasteiger partial charge is 0.368 e. The van der Waals surface area contributed by atoms with Gasteiger partial charge in [-0.1, -0.05) is 33.6 Å². The zero-order valence-electron chi connectivity index (χ0n) is 11.6. The summed E-state index contributed by atoms with van der Waals surface area (Å²) in [4.78, 5) is 4.62. The van der Waals surface area contributed by atoms with Crippen LogP contribution in [-0.2, 0) is 5.33 Å². The second-order valence-corrected chi connectivity index (χ2v) is 5.74. The number of rotatable bonds is 6. The van der Waals surface area contributed by atoms with E-state index in [9.17, 15) is 0 Å². The monoisotopic (exact) mass is 332 g/mol. The zero-order valence-corrected chi connectivity index (χ0v) is 13.9. The van der Waals surface area contributed by atoms with E-state index >= 15 is 0 Å². The molecule has 18 heavy (non-hydrogen) atoms. The van der Waals surface area contributed by atoms with Gasteiger partial charge >= 0.3 is 0 Å². The maximum absolute atomic E-state index is 6.27. The van der Waals surface area contributed by atoms with Crippen LogP contribution in [-0.4, -0.2) is 38.1 Å². The second-order valence-electron chi connectivity index (χ2n) is 4.77. The topological polar surface area (TPSA) is 6.48 Å². The Morgan fingerprint density at radius 3 is 2.50 bits per heavy atom. The number of halogens is 2. The molecule has 0 fully saturated rings. The van der Waals surface area contributed by atoms with Gasteiger partial charge in [0.15, 0.2) is 0 Å². The lowest BCUT2D eigenvalue weighted by atomic mass is 10.1. The van der Waals surface area contributed by atoms with Crippen LogP contribution < -0.4 is 4.90 Å². The molecule has 0 heterocycles. The molecule has 0 aromatic heterocycles. The van der Waals surface area contributed by atoms with Crippen molar-refractivity contribution in [1.29, 1.82) is 0 Å². The number of anilines is 1. The summed E-state index contributed by atoms with van der Waals surface area (Å²) in [5.74, 6) is 0. The summed E-state index contributed by atoms with van der Waals surface area (Å²) in [5.41, 5.74) is 2.41. The molecule has 0 saturated heterocycles. The van der Waals surface area contributed by atoms with Crippen molar-refractivity contribution >= 4 is 33.2 Å². The van der Waals surface area contributed by atoms with Gasteiger partial charge in [0.05, 0.1) is 0 Å². The Morgan fingerprint density at radius 2 is 2.00 bits per heavy atom. The van der Waals surface area contributed by atoms with E-state index in [1.54, 1.807) is 0 Å². The van der Waals surface area contributed by atoms with Gasteiger partial charge in [0, 0.05) is 40.7 Å². The van der Waals surface area contributed by atoms with Crippen molar-refractivity contribution in [3.63, 3.8) is 0 Å². The molecule has 0 bridgehead atoms. The van der Waals surface area contributed by atoms with Gasteiger partial charge in [-0.25, -0.2) is 0 Å². The summed E-state index contributed by atoms with van der Waals surface area (Å²) >= 11 is 9.81. The van der Waals surface area contributed by atoms with Gasteiger partial charge in [0.25, 0.3) is 0 Å². The molecule has 4 heteroatoms. The molecule has 0 saturated carbocycles. The van der Waals surface area contributed by atoms with Crippen LogP contribution in [0.25, 0.3) is 0 Å². The number of alkyl halides is 1. The minimum absolute atomic E-state index is 0.460. The Balaban J connectivity index is 3.05. The minimum atomic E-state index is 0.460. The molecule has 1 rings (SSSR count). The zero-order chi connectivity index (χ0) is 13.7. The van der Waals surface area contributed by atoms with Crippen LogP contribution in [0, 0.1) is 0 Å². The molecule has 0 amide bonds. The summed E-state index contributed by atoms with van der Waals surface area (Å²) in [5, 5.41) is 1.62. The van der Waals surface area contributed by atoms with Gasteiger partial charge in [-0.3, -0.25) is 0 Å². The molecule has 0 spiro atoms. The molecule has 1 aromatic carbocycles. The molecule has 0 aliphatic carbocycles. The van der Waals surface area contributed by atoms with Crippen molar-refractivity contribution in [2.45, 2.75) is 25.2 Å². The highest BCUT2D eigenvalue weighted by Crippen LogP contribution is 2.30. The minimum Gasteiger partial charge on any atom is -0.368 e. The fourth-order valence-corrected chi connectivity index (χ4v) is 3.28. The van der Waals surface area contributed by atoms with E-state index in [0.717, 1.165) is 23.4 Å². The molecule has 1 unspecified atom stereocenters. The highest BCUT2D eigenvalue weighted by molar-refractivity contribution is 9.08. The van der Waals surface area contributed by atoms with Gasteiger partial charge in [-0.15, -0.1) is 0 Å². The van der Waals surface area contributed by atoms with Crippen LogP contribution in [0.4, 0.5) is 5.69 Å². The fourth-order valence-electron chi connectivity index (χ4n) is 2.30. The predicted octanol–water partition coefficient (Wildman–Crippen LogP) is 4.01. The van der Waals surface area contributed by atoms with Crippen LogP contribution in [0.3, 0.4) is 0 Å². The Hall–Kier alpha value is -0.250. The van der Waals surface area contributed by atoms with E-state index in [0.29, 0.717) is 6.04 Å². The van der Waals surface area contributed by atoms with E-state index in [4.69, 9.17) is 11.6 Å². The summed E-state index contributed by atoms with van der Waals surface area (Å²) in [7, 11) is 4.21. The molecule has 1 atom stereocenters. The Bertz CT molecular complexity index is 382. The average Bonchev–Trinajstić information content (AvgIpc) is 2.29. The van der Waals surface area contributed by atoms with Gasteiger partial charge in [-0.2, -0.15) is 0 Å². The summed E-state index contributed by atoms with van der Waals surface area (Å²) in [6, 6.07) is 6.58. The van der Waals surface area contributed by atoms with Crippen molar-refractivity contribution in [3.05, 3.63) is 28.8 Å². The number of hydrogen-bond donors (Lipinski definition) is 0. The lowest BCUT2D eigenvalue weighted by molar-refractivity contribution is 0.373. The van der Waals surface area contributed by atoms with Gasteiger partial charge < -0.3 is 9.80 Å².